The average Bonchev–Trinajstić information content (AvgIpc) is 3.36. The van der Waals surface area contributed by atoms with E-state index in [0.717, 1.165) is 34.0 Å². The van der Waals surface area contributed by atoms with Crippen molar-refractivity contribution in [2.75, 3.05) is 18.6 Å². The van der Waals surface area contributed by atoms with Crippen molar-refractivity contribution >= 4 is 22.6 Å². The molecule has 9 heteroatoms. The van der Waals surface area contributed by atoms with Gasteiger partial charge >= 0.3 is 12.1 Å². The first kappa shape index (κ1) is 27.3. The minimum absolute atomic E-state index is 0.131. The second-order valence-electron chi connectivity index (χ2n) is 10.3. The van der Waals surface area contributed by atoms with Crippen molar-refractivity contribution in [3.8, 4) is 11.1 Å². The highest BCUT2D eigenvalue weighted by atomic mass is 19.4. The van der Waals surface area contributed by atoms with Gasteiger partial charge in [0.25, 0.3) is 5.56 Å². The summed E-state index contributed by atoms with van der Waals surface area (Å²) in [7, 11) is 1.25. The molecule has 1 unspecified atom stereocenters. The molecule has 0 aliphatic carbocycles. The van der Waals surface area contributed by atoms with Crippen molar-refractivity contribution in [1.82, 2.24) is 9.55 Å². The summed E-state index contributed by atoms with van der Waals surface area (Å²) in [5.41, 5.74) is 1.91. The minimum atomic E-state index is -4.56. The number of nitrogens with zero attached hydrogens (tertiary/aromatic N) is 3. The van der Waals surface area contributed by atoms with Gasteiger partial charge in [0.2, 0.25) is 0 Å². The maximum absolute atomic E-state index is 13.9. The van der Waals surface area contributed by atoms with Gasteiger partial charge in [0.05, 0.1) is 19.2 Å². The van der Waals surface area contributed by atoms with Gasteiger partial charge in [0.1, 0.15) is 5.82 Å². The fourth-order valence-electron chi connectivity index (χ4n) is 5.76. The Balaban J connectivity index is 1.62. The molecule has 42 heavy (non-hydrogen) atoms. The van der Waals surface area contributed by atoms with Crippen LogP contribution in [0.3, 0.4) is 0 Å². The number of hydrogen-bond acceptors (Lipinski definition) is 5. The van der Waals surface area contributed by atoms with Crippen LogP contribution >= 0.6 is 0 Å². The fraction of sp³-hybridized carbons (Fsp3) is 0.182. The molecule has 0 saturated heterocycles. The molecule has 5 aromatic rings. The van der Waals surface area contributed by atoms with E-state index in [1.165, 1.54) is 23.8 Å². The van der Waals surface area contributed by atoms with E-state index in [2.05, 4.69) is 4.98 Å². The number of carbonyl (C=O) groups excluding carboxylic acids is 1. The van der Waals surface area contributed by atoms with Crippen molar-refractivity contribution in [3.63, 3.8) is 0 Å². The minimum Gasteiger partial charge on any atom is -0.467 e. The Bertz CT molecular complexity index is 1850. The topological polar surface area (TPSA) is 64.4 Å². The number of esters is 1. The summed E-state index contributed by atoms with van der Waals surface area (Å²) in [6.07, 6.45) is -0.865. The van der Waals surface area contributed by atoms with Crippen LogP contribution in [0.1, 0.15) is 28.3 Å². The highest BCUT2D eigenvalue weighted by molar-refractivity contribution is 5.88. The number of ether oxygens (including phenoxy) is 1. The lowest BCUT2D eigenvalue weighted by Gasteiger charge is -2.24. The Labute approximate surface area is 239 Å². The Morgan fingerprint density at radius 3 is 2.52 bits per heavy atom. The zero-order chi connectivity index (χ0) is 29.4. The van der Waals surface area contributed by atoms with Crippen molar-refractivity contribution in [2.24, 2.45) is 0 Å². The summed E-state index contributed by atoms with van der Waals surface area (Å²) >= 11 is 0. The van der Waals surface area contributed by atoms with Crippen LogP contribution in [-0.2, 0) is 28.7 Å². The quantitative estimate of drug-likeness (QED) is 0.221. The lowest BCUT2D eigenvalue weighted by atomic mass is 9.92. The maximum atomic E-state index is 13.9. The molecule has 1 aliphatic heterocycles. The number of carbonyl (C=O) groups is 1. The molecule has 0 radical (unpaired) electrons. The van der Waals surface area contributed by atoms with E-state index in [9.17, 15) is 22.8 Å². The lowest BCUT2D eigenvalue weighted by molar-refractivity contribution is -0.144. The van der Waals surface area contributed by atoms with Crippen LogP contribution in [0.2, 0.25) is 0 Å². The lowest BCUT2D eigenvalue weighted by Crippen LogP contribution is -2.29. The standard InChI is InChI=1S/C33H26F3N3O3/c1-42-32(41)28-20-38(19-21-7-3-2-4-8-21)31-30(23-10-6-12-26(16-23)33(34,35)36)25(17-29(40)39(28)31)15-22-9-5-11-24-18-37-14-13-27(22)24/h2-14,16-18,28H,15,19-20H2,1H3. The van der Waals surface area contributed by atoms with Gasteiger partial charge in [-0.2, -0.15) is 13.2 Å². The molecule has 1 atom stereocenters. The highest BCUT2D eigenvalue weighted by Crippen LogP contribution is 2.42. The predicted octanol–water partition coefficient (Wildman–Crippen LogP) is 6.41. The third-order valence-electron chi connectivity index (χ3n) is 7.63. The molecule has 6 nitrogen and oxygen atoms in total. The van der Waals surface area contributed by atoms with Gasteiger partial charge in [-0.25, -0.2) is 4.79 Å². The molecular weight excluding hydrogens is 543 g/mol. The molecule has 3 aromatic carbocycles. The summed E-state index contributed by atoms with van der Waals surface area (Å²) in [6, 6.07) is 22.7. The number of halogens is 3. The molecule has 212 valence electrons. The first-order valence-corrected chi connectivity index (χ1v) is 13.4. The van der Waals surface area contributed by atoms with Gasteiger partial charge in [-0.1, -0.05) is 60.7 Å². The number of hydrogen-bond donors (Lipinski definition) is 0. The van der Waals surface area contributed by atoms with Crippen molar-refractivity contribution in [3.05, 3.63) is 130 Å². The number of aromatic nitrogens is 2. The third-order valence-corrected chi connectivity index (χ3v) is 7.63. The highest BCUT2D eigenvalue weighted by Gasteiger charge is 2.39. The Morgan fingerprint density at radius 1 is 0.976 bits per heavy atom. The van der Waals surface area contributed by atoms with Crippen molar-refractivity contribution < 1.29 is 22.7 Å². The van der Waals surface area contributed by atoms with E-state index in [1.807, 2.05) is 59.5 Å². The van der Waals surface area contributed by atoms with E-state index in [1.54, 1.807) is 18.5 Å². The van der Waals surface area contributed by atoms with Gasteiger partial charge in [-0.15, -0.1) is 0 Å². The molecule has 1 aliphatic rings. The molecule has 3 heterocycles. The van der Waals surface area contributed by atoms with Gasteiger partial charge in [-0.05, 0) is 52.3 Å². The summed E-state index contributed by atoms with van der Waals surface area (Å²) in [6.45, 7) is 0.468. The summed E-state index contributed by atoms with van der Waals surface area (Å²) in [4.78, 5) is 32.8. The van der Waals surface area contributed by atoms with Crippen LogP contribution in [0.15, 0.2) is 102 Å². The average molecular weight is 570 g/mol. The molecular formula is C33H26F3N3O3. The number of pyridine rings is 2. The molecule has 2 aromatic heterocycles. The van der Waals surface area contributed by atoms with Gasteiger partial charge < -0.3 is 9.64 Å². The number of methoxy groups -OCH3 is 1. The number of anilines is 1. The van der Waals surface area contributed by atoms with Crippen molar-refractivity contribution in [2.45, 2.75) is 25.2 Å². The summed E-state index contributed by atoms with van der Waals surface area (Å²) in [5.74, 6) is -0.212. The Hall–Kier alpha value is -4.92. The third kappa shape index (κ3) is 5.02. The number of rotatable bonds is 6. The van der Waals surface area contributed by atoms with Crippen LogP contribution in [0.4, 0.5) is 19.0 Å². The maximum Gasteiger partial charge on any atom is 0.416 e. The predicted molar refractivity (Wildman–Crippen MR) is 154 cm³/mol. The van der Waals surface area contributed by atoms with E-state index in [4.69, 9.17) is 4.74 Å². The van der Waals surface area contributed by atoms with Crippen LogP contribution < -0.4 is 10.5 Å². The summed E-state index contributed by atoms with van der Waals surface area (Å²) in [5, 5.41) is 1.83. The molecule has 0 N–H and O–H groups in total. The zero-order valence-electron chi connectivity index (χ0n) is 22.6. The van der Waals surface area contributed by atoms with Crippen LogP contribution in [0.25, 0.3) is 21.9 Å². The molecule has 0 fully saturated rings. The van der Waals surface area contributed by atoms with E-state index >= 15 is 0 Å². The summed E-state index contributed by atoms with van der Waals surface area (Å²) < 4.78 is 48.1. The normalized spacial score (nSPS) is 14.7. The molecule has 6 rings (SSSR count). The fourth-order valence-corrected chi connectivity index (χ4v) is 5.76. The Kier molecular flexibility index (Phi) is 7.02. The molecule has 0 saturated carbocycles. The van der Waals surface area contributed by atoms with Gasteiger partial charge in [0, 0.05) is 36.0 Å². The van der Waals surface area contributed by atoms with Crippen LogP contribution in [0.5, 0.6) is 0 Å². The van der Waals surface area contributed by atoms with E-state index < -0.39 is 29.3 Å². The smallest absolute Gasteiger partial charge is 0.416 e. The molecule has 0 spiro atoms. The Morgan fingerprint density at radius 2 is 1.76 bits per heavy atom. The SMILES string of the molecule is COC(=O)C1CN(Cc2ccccc2)c2c(-c3cccc(C(F)(F)F)c3)c(Cc3cccc4cnccc34)cc(=O)n21. The largest absolute Gasteiger partial charge is 0.467 e. The van der Waals surface area contributed by atoms with E-state index in [0.29, 0.717) is 29.1 Å². The number of alkyl halides is 3. The molecule has 0 bridgehead atoms. The first-order chi connectivity index (χ1) is 20.2. The van der Waals surface area contributed by atoms with Crippen LogP contribution in [-0.4, -0.2) is 29.2 Å². The van der Waals surface area contributed by atoms with Gasteiger partial charge in [-0.3, -0.25) is 14.3 Å². The first-order valence-electron chi connectivity index (χ1n) is 13.4. The zero-order valence-corrected chi connectivity index (χ0v) is 22.6. The second-order valence-corrected chi connectivity index (χ2v) is 10.3. The van der Waals surface area contributed by atoms with Crippen molar-refractivity contribution in [1.29, 1.82) is 0 Å². The molecule has 0 amide bonds. The number of fused-ring (bicyclic) bond motifs is 2. The van der Waals surface area contributed by atoms with Gasteiger partial charge in [0.15, 0.2) is 6.04 Å². The monoisotopic (exact) mass is 569 g/mol. The number of benzene rings is 3. The van der Waals surface area contributed by atoms with E-state index in [-0.39, 0.29) is 13.0 Å². The van der Waals surface area contributed by atoms with Crippen LogP contribution in [0, 0.1) is 0 Å². The second kappa shape index (κ2) is 10.8.